The van der Waals surface area contributed by atoms with Crippen molar-refractivity contribution in [3.8, 4) is 0 Å². The van der Waals surface area contributed by atoms with Gasteiger partial charge in [0.1, 0.15) is 0 Å². The smallest absolute Gasteiger partial charge is 0.220 e. The van der Waals surface area contributed by atoms with E-state index >= 15 is 0 Å². The summed E-state index contributed by atoms with van der Waals surface area (Å²) < 4.78 is 0. The molecule has 1 aliphatic rings. The van der Waals surface area contributed by atoms with E-state index in [1.54, 1.807) is 0 Å². The van der Waals surface area contributed by atoms with Crippen LogP contribution in [0.15, 0.2) is 0 Å². The van der Waals surface area contributed by atoms with Crippen molar-refractivity contribution in [2.45, 2.75) is 32.6 Å². The molecule has 0 spiro atoms. The maximum absolute atomic E-state index is 11.1. The van der Waals surface area contributed by atoms with Crippen LogP contribution in [0.4, 0.5) is 0 Å². The van der Waals surface area contributed by atoms with Gasteiger partial charge in [-0.3, -0.25) is 4.79 Å². The fraction of sp³-hybridized carbons (Fsp3) is 0.889. The van der Waals surface area contributed by atoms with Gasteiger partial charge in [0.15, 0.2) is 0 Å². The van der Waals surface area contributed by atoms with Crippen molar-refractivity contribution in [3.05, 3.63) is 0 Å². The van der Waals surface area contributed by atoms with E-state index in [1.807, 2.05) is 0 Å². The molecule has 0 heterocycles. The van der Waals surface area contributed by atoms with Crippen LogP contribution in [0.2, 0.25) is 0 Å². The van der Waals surface area contributed by atoms with Gasteiger partial charge in [-0.1, -0.05) is 13.3 Å². The fourth-order valence-electron chi connectivity index (χ4n) is 1.46. The summed E-state index contributed by atoms with van der Waals surface area (Å²) in [5.74, 6) is 0.779. The van der Waals surface area contributed by atoms with Gasteiger partial charge in [-0.15, -0.1) is 0 Å². The SMILES string of the molecule is CC1(CNC(=O)CCS)CCC1. The molecule has 0 aliphatic heterocycles. The van der Waals surface area contributed by atoms with Crippen LogP contribution in [0, 0.1) is 5.41 Å². The molecular weight excluding hydrogens is 170 g/mol. The molecule has 70 valence electrons. The molecule has 0 aromatic carbocycles. The van der Waals surface area contributed by atoms with Crippen molar-refractivity contribution in [1.82, 2.24) is 5.32 Å². The number of amides is 1. The maximum atomic E-state index is 11.1. The predicted molar refractivity (Wildman–Crippen MR) is 53.4 cm³/mol. The quantitative estimate of drug-likeness (QED) is 0.643. The summed E-state index contributed by atoms with van der Waals surface area (Å²) in [6.07, 6.45) is 4.38. The van der Waals surface area contributed by atoms with Crippen molar-refractivity contribution < 1.29 is 4.79 Å². The second-order valence-electron chi connectivity index (χ2n) is 3.91. The minimum Gasteiger partial charge on any atom is -0.356 e. The van der Waals surface area contributed by atoms with E-state index in [4.69, 9.17) is 0 Å². The highest BCUT2D eigenvalue weighted by Crippen LogP contribution is 2.39. The van der Waals surface area contributed by atoms with E-state index in [-0.39, 0.29) is 5.91 Å². The molecule has 0 aromatic rings. The van der Waals surface area contributed by atoms with Crippen LogP contribution in [0.25, 0.3) is 0 Å². The van der Waals surface area contributed by atoms with Crippen LogP contribution in [-0.4, -0.2) is 18.2 Å². The zero-order valence-corrected chi connectivity index (χ0v) is 8.49. The maximum Gasteiger partial charge on any atom is 0.220 e. The average molecular weight is 187 g/mol. The first-order valence-corrected chi connectivity index (χ1v) is 5.17. The number of nitrogens with one attached hydrogen (secondary N) is 1. The molecule has 0 saturated heterocycles. The van der Waals surface area contributed by atoms with Crippen LogP contribution >= 0.6 is 12.6 Å². The van der Waals surface area contributed by atoms with Crippen molar-refractivity contribution in [2.24, 2.45) is 5.41 Å². The molecule has 1 N–H and O–H groups in total. The Kier molecular flexibility index (Phi) is 3.44. The normalized spacial score (nSPS) is 19.8. The van der Waals surface area contributed by atoms with Gasteiger partial charge in [0.05, 0.1) is 0 Å². The summed E-state index contributed by atoms with van der Waals surface area (Å²) in [6.45, 7) is 3.08. The van der Waals surface area contributed by atoms with E-state index in [0.29, 0.717) is 17.6 Å². The van der Waals surface area contributed by atoms with Crippen molar-refractivity contribution in [3.63, 3.8) is 0 Å². The molecule has 0 bridgehead atoms. The monoisotopic (exact) mass is 187 g/mol. The molecule has 1 rings (SSSR count). The van der Waals surface area contributed by atoms with Gasteiger partial charge in [0, 0.05) is 13.0 Å². The summed E-state index contributed by atoms with van der Waals surface area (Å²) in [6, 6.07) is 0. The summed E-state index contributed by atoms with van der Waals surface area (Å²) in [4.78, 5) is 11.1. The molecule has 0 radical (unpaired) electrons. The van der Waals surface area contributed by atoms with Gasteiger partial charge in [-0.2, -0.15) is 12.6 Å². The van der Waals surface area contributed by atoms with Gasteiger partial charge in [0.2, 0.25) is 5.91 Å². The van der Waals surface area contributed by atoms with E-state index in [0.717, 1.165) is 6.54 Å². The zero-order valence-electron chi connectivity index (χ0n) is 7.60. The van der Waals surface area contributed by atoms with Crippen LogP contribution in [0.3, 0.4) is 0 Å². The molecule has 3 heteroatoms. The lowest BCUT2D eigenvalue weighted by Crippen LogP contribution is -2.39. The van der Waals surface area contributed by atoms with E-state index < -0.39 is 0 Å². The number of hydrogen-bond donors (Lipinski definition) is 2. The van der Waals surface area contributed by atoms with Crippen LogP contribution in [-0.2, 0) is 4.79 Å². The van der Waals surface area contributed by atoms with Crippen molar-refractivity contribution in [1.29, 1.82) is 0 Å². The highest BCUT2D eigenvalue weighted by molar-refractivity contribution is 7.80. The molecule has 1 amide bonds. The second kappa shape index (κ2) is 4.17. The highest BCUT2D eigenvalue weighted by atomic mass is 32.1. The Bertz CT molecular complexity index is 166. The van der Waals surface area contributed by atoms with E-state index in [9.17, 15) is 4.79 Å². The molecule has 0 atom stereocenters. The third kappa shape index (κ3) is 2.70. The summed E-state index contributed by atoms with van der Waals surface area (Å²) in [5, 5.41) is 2.94. The Morgan fingerprint density at radius 3 is 2.67 bits per heavy atom. The first kappa shape index (κ1) is 9.90. The number of thiol groups is 1. The summed E-state index contributed by atoms with van der Waals surface area (Å²) in [5.41, 5.74) is 0.395. The Hall–Kier alpha value is -0.180. The van der Waals surface area contributed by atoms with Gasteiger partial charge in [-0.05, 0) is 24.0 Å². The zero-order chi connectivity index (χ0) is 9.03. The van der Waals surface area contributed by atoms with Gasteiger partial charge >= 0.3 is 0 Å². The number of rotatable bonds is 4. The van der Waals surface area contributed by atoms with Crippen molar-refractivity contribution in [2.75, 3.05) is 12.3 Å². The largest absolute Gasteiger partial charge is 0.356 e. The molecule has 0 unspecified atom stereocenters. The number of hydrogen-bond acceptors (Lipinski definition) is 2. The highest BCUT2D eigenvalue weighted by Gasteiger charge is 2.31. The predicted octanol–water partition coefficient (Wildman–Crippen LogP) is 1.61. The third-order valence-corrected chi connectivity index (χ3v) is 2.84. The van der Waals surface area contributed by atoms with Gasteiger partial charge < -0.3 is 5.32 Å². The van der Waals surface area contributed by atoms with Crippen LogP contribution in [0.5, 0.6) is 0 Å². The van der Waals surface area contributed by atoms with E-state index in [2.05, 4.69) is 24.9 Å². The lowest BCUT2D eigenvalue weighted by atomic mass is 9.70. The molecule has 12 heavy (non-hydrogen) atoms. The number of carbonyl (C=O) groups is 1. The average Bonchev–Trinajstić information content (AvgIpc) is 1.98. The Balaban J connectivity index is 2.12. The van der Waals surface area contributed by atoms with Gasteiger partial charge in [0.25, 0.3) is 0 Å². The molecule has 1 saturated carbocycles. The lowest BCUT2D eigenvalue weighted by Gasteiger charge is -2.38. The summed E-state index contributed by atoms with van der Waals surface area (Å²) in [7, 11) is 0. The molecular formula is C9H17NOS. The number of carbonyl (C=O) groups excluding carboxylic acids is 1. The third-order valence-electron chi connectivity index (χ3n) is 2.61. The van der Waals surface area contributed by atoms with Crippen LogP contribution < -0.4 is 5.32 Å². The summed E-state index contributed by atoms with van der Waals surface area (Å²) >= 11 is 4.00. The Morgan fingerprint density at radius 1 is 1.58 bits per heavy atom. The van der Waals surface area contributed by atoms with Gasteiger partial charge in [-0.25, -0.2) is 0 Å². The first-order valence-electron chi connectivity index (χ1n) is 4.54. The molecule has 0 aromatic heterocycles. The Labute approximate surface area is 79.5 Å². The Morgan fingerprint density at radius 2 is 2.25 bits per heavy atom. The molecule has 2 nitrogen and oxygen atoms in total. The standard InChI is InChI=1S/C9H17NOS/c1-9(4-2-5-9)7-10-8(11)3-6-12/h12H,2-7H2,1H3,(H,10,11). The first-order chi connectivity index (χ1) is 5.66. The lowest BCUT2D eigenvalue weighted by molar-refractivity contribution is -0.121. The fourth-order valence-corrected chi connectivity index (χ4v) is 1.66. The molecule has 1 aliphatic carbocycles. The topological polar surface area (TPSA) is 29.1 Å². The van der Waals surface area contributed by atoms with Crippen LogP contribution in [0.1, 0.15) is 32.6 Å². The minimum absolute atomic E-state index is 0.137. The molecule has 1 fully saturated rings. The second-order valence-corrected chi connectivity index (χ2v) is 4.36. The van der Waals surface area contributed by atoms with E-state index in [1.165, 1.54) is 19.3 Å². The minimum atomic E-state index is 0.137. The van der Waals surface area contributed by atoms with Crippen molar-refractivity contribution >= 4 is 18.5 Å².